The lowest BCUT2D eigenvalue weighted by Gasteiger charge is -2.30. The maximum absolute atomic E-state index is 5.70. The molecule has 0 aliphatic heterocycles. The number of halogens is 1. The van der Waals surface area contributed by atoms with Gasteiger partial charge in [-0.05, 0) is 56.8 Å². The number of ether oxygens (including phenoxy) is 2. The lowest BCUT2D eigenvalue weighted by atomic mass is 9.95. The van der Waals surface area contributed by atoms with Crippen molar-refractivity contribution in [1.29, 1.82) is 0 Å². The third-order valence-corrected chi connectivity index (χ3v) is 8.73. The largest absolute Gasteiger partial charge is 0.493 e. The van der Waals surface area contributed by atoms with E-state index in [0.29, 0.717) is 24.6 Å². The van der Waals surface area contributed by atoms with Crippen molar-refractivity contribution in [3.8, 4) is 34.5 Å². The van der Waals surface area contributed by atoms with E-state index in [1.54, 1.807) is 14.2 Å². The lowest BCUT2D eigenvalue weighted by Crippen LogP contribution is -2.28. The van der Waals surface area contributed by atoms with Gasteiger partial charge >= 0.3 is 0 Å². The van der Waals surface area contributed by atoms with Crippen molar-refractivity contribution in [2.45, 2.75) is 19.1 Å². The molecule has 4 heteroatoms. The van der Waals surface area contributed by atoms with E-state index in [1.165, 1.54) is 21.9 Å². The number of rotatable bonds is 9. The highest BCUT2D eigenvalue weighted by molar-refractivity contribution is 9.10. The van der Waals surface area contributed by atoms with Crippen LogP contribution in [0.4, 0.5) is 0 Å². The summed E-state index contributed by atoms with van der Waals surface area (Å²) in [4.78, 5) is 2.45. The third-order valence-electron chi connectivity index (χ3n) is 7.99. The maximum Gasteiger partial charge on any atom is 0.161 e. The van der Waals surface area contributed by atoms with Crippen LogP contribution < -0.4 is 9.47 Å². The van der Waals surface area contributed by atoms with Crippen molar-refractivity contribution in [2.75, 3.05) is 14.2 Å². The number of methoxy groups -OCH3 is 2. The summed E-state index contributed by atoms with van der Waals surface area (Å²) in [5.41, 5.74) is 6.75. The average Bonchev–Trinajstić information content (AvgIpc) is 3.10. The number of hydrogen-bond acceptors (Lipinski definition) is 3. The number of nitrogens with zero attached hydrogens (tertiary/aromatic N) is 1. The zero-order valence-electron chi connectivity index (χ0n) is 25.4. The van der Waals surface area contributed by atoms with E-state index >= 15 is 0 Å². The van der Waals surface area contributed by atoms with Crippen LogP contribution in [0, 0.1) is 11.8 Å². The van der Waals surface area contributed by atoms with Gasteiger partial charge in [-0.2, -0.15) is 0 Å². The third kappa shape index (κ3) is 6.97. The molecule has 0 aliphatic rings. The molecule has 0 N–H and O–H groups in total. The van der Waals surface area contributed by atoms with Gasteiger partial charge in [-0.1, -0.05) is 149 Å². The first kappa shape index (κ1) is 30.2. The van der Waals surface area contributed by atoms with Crippen LogP contribution in [-0.2, 0) is 13.1 Å². The second-order valence-corrected chi connectivity index (χ2v) is 11.7. The van der Waals surface area contributed by atoms with Crippen LogP contribution in [0.1, 0.15) is 28.3 Å². The first-order valence-corrected chi connectivity index (χ1v) is 15.8. The van der Waals surface area contributed by atoms with E-state index in [9.17, 15) is 0 Å². The summed E-state index contributed by atoms with van der Waals surface area (Å²) in [6, 6.07) is 48.3. The normalized spacial score (nSPS) is 11.6. The van der Waals surface area contributed by atoms with E-state index in [4.69, 9.17) is 9.47 Å². The van der Waals surface area contributed by atoms with Crippen molar-refractivity contribution >= 4 is 26.7 Å². The zero-order chi connectivity index (χ0) is 31.0. The van der Waals surface area contributed by atoms with Gasteiger partial charge in [0.25, 0.3) is 0 Å². The molecule has 3 nitrogen and oxygen atoms in total. The summed E-state index contributed by atoms with van der Waals surface area (Å²) in [5.74, 6) is 8.79. The second-order valence-electron chi connectivity index (χ2n) is 10.8. The Kier molecular flexibility index (Phi) is 9.61. The van der Waals surface area contributed by atoms with Crippen LogP contribution in [0.3, 0.4) is 0 Å². The minimum absolute atomic E-state index is 0.222. The fourth-order valence-electron chi connectivity index (χ4n) is 5.75. The first-order chi connectivity index (χ1) is 22.1. The van der Waals surface area contributed by atoms with Gasteiger partial charge in [0.15, 0.2) is 11.5 Å². The van der Waals surface area contributed by atoms with Crippen LogP contribution in [0.2, 0.25) is 0 Å². The average molecular weight is 653 g/mol. The Morgan fingerprint density at radius 3 is 2.09 bits per heavy atom. The van der Waals surface area contributed by atoms with Gasteiger partial charge in [0.2, 0.25) is 0 Å². The van der Waals surface area contributed by atoms with Crippen LogP contribution >= 0.6 is 15.9 Å². The van der Waals surface area contributed by atoms with Crippen molar-refractivity contribution in [2.24, 2.45) is 0 Å². The quantitative estimate of drug-likeness (QED) is 0.145. The maximum atomic E-state index is 5.70. The summed E-state index contributed by atoms with van der Waals surface area (Å²) in [7, 11) is 3.33. The number of benzene rings is 6. The zero-order valence-corrected chi connectivity index (χ0v) is 27.0. The molecule has 0 aliphatic carbocycles. The van der Waals surface area contributed by atoms with Crippen LogP contribution in [0.5, 0.6) is 11.5 Å². The molecule has 0 amide bonds. The highest BCUT2D eigenvalue weighted by atomic mass is 79.9. The van der Waals surface area contributed by atoms with Gasteiger partial charge in [0.1, 0.15) is 0 Å². The Morgan fingerprint density at radius 1 is 0.667 bits per heavy atom. The van der Waals surface area contributed by atoms with Crippen molar-refractivity contribution in [3.05, 3.63) is 166 Å². The molecule has 1 unspecified atom stereocenters. The van der Waals surface area contributed by atoms with E-state index < -0.39 is 0 Å². The Morgan fingerprint density at radius 2 is 1.31 bits per heavy atom. The van der Waals surface area contributed by atoms with Gasteiger partial charge in [-0.3, -0.25) is 4.90 Å². The lowest BCUT2D eigenvalue weighted by molar-refractivity contribution is 0.219. The van der Waals surface area contributed by atoms with E-state index in [1.807, 2.05) is 12.1 Å². The van der Waals surface area contributed by atoms with Gasteiger partial charge in [0, 0.05) is 23.1 Å². The molecule has 0 saturated carbocycles. The first-order valence-electron chi connectivity index (χ1n) is 15.0. The monoisotopic (exact) mass is 651 g/mol. The molecule has 0 spiro atoms. The van der Waals surface area contributed by atoms with E-state index in [0.717, 1.165) is 26.7 Å². The Hall–Kier alpha value is -4.82. The minimum atomic E-state index is -0.222. The molecular weight excluding hydrogens is 618 g/mol. The second kappa shape index (κ2) is 14.3. The van der Waals surface area contributed by atoms with Crippen LogP contribution in [0.15, 0.2) is 144 Å². The molecule has 1 atom stereocenters. The summed E-state index contributed by atoms with van der Waals surface area (Å²) >= 11 is 3.82. The van der Waals surface area contributed by atoms with Gasteiger partial charge in [-0.25, -0.2) is 0 Å². The molecule has 0 bridgehead atoms. The SMILES string of the molecule is COc1cc(Br)c(CN(Cc2ccccc2)C(C#Cc2ccccc2-c2ccccc2)c2cccc3ccccc23)cc1OC. The molecule has 0 aromatic heterocycles. The molecule has 0 saturated heterocycles. The Labute approximate surface area is 274 Å². The number of fused-ring (bicyclic) bond motifs is 1. The Balaban J connectivity index is 1.53. The van der Waals surface area contributed by atoms with Crippen molar-refractivity contribution in [1.82, 2.24) is 4.90 Å². The Bertz CT molecular complexity index is 1960. The molecule has 0 fully saturated rings. The smallest absolute Gasteiger partial charge is 0.161 e. The molecule has 222 valence electrons. The molecule has 6 aromatic carbocycles. The standard InChI is InChI=1S/C41H34BrNO2/c1-44-40-26-34(38(42)27-41(40)45-2)29-43(28-30-14-5-3-6-15-30)39(37-23-13-20-32-18-10-12-22-36(32)37)25-24-33-19-9-11-21-35(33)31-16-7-4-8-17-31/h3-23,26-27,39H,28-29H2,1-2H3. The van der Waals surface area contributed by atoms with Crippen molar-refractivity contribution in [3.63, 3.8) is 0 Å². The van der Waals surface area contributed by atoms with Gasteiger partial charge in [-0.15, -0.1) is 0 Å². The molecule has 6 rings (SSSR count). The highest BCUT2D eigenvalue weighted by Gasteiger charge is 2.23. The van der Waals surface area contributed by atoms with Crippen LogP contribution in [0.25, 0.3) is 21.9 Å². The summed E-state index contributed by atoms with van der Waals surface area (Å²) in [6.45, 7) is 1.32. The molecular formula is C41H34BrNO2. The topological polar surface area (TPSA) is 21.7 Å². The predicted molar refractivity (Wildman–Crippen MR) is 188 cm³/mol. The van der Waals surface area contributed by atoms with Crippen LogP contribution in [-0.4, -0.2) is 19.1 Å². The summed E-state index contributed by atoms with van der Waals surface area (Å²) < 4.78 is 12.2. The molecule has 0 radical (unpaired) electrons. The number of hydrogen-bond donors (Lipinski definition) is 0. The molecule has 0 heterocycles. The van der Waals surface area contributed by atoms with E-state index in [2.05, 4.69) is 160 Å². The highest BCUT2D eigenvalue weighted by Crippen LogP contribution is 2.37. The molecule has 45 heavy (non-hydrogen) atoms. The molecule has 6 aromatic rings. The minimum Gasteiger partial charge on any atom is -0.493 e. The van der Waals surface area contributed by atoms with E-state index in [-0.39, 0.29) is 6.04 Å². The summed E-state index contributed by atoms with van der Waals surface area (Å²) in [6.07, 6.45) is 0. The van der Waals surface area contributed by atoms with Crippen molar-refractivity contribution < 1.29 is 9.47 Å². The van der Waals surface area contributed by atoms with Gasteiger partial charge in [0.05, 0.1) is 20.3 Å². The fourth-order valence-corrected chi connectivity index (χ4v) is 6.20. The fraction of sp³-hybridized carbons (Fsp3) is 0.122. The predicted octanol–water partition coefficient (Wildman–Crippen LogP) is 10.1. The summed E-state index contributed by atoms with van der Waals surface area (Å²) in [5, 5.41) is 2.39. The van der Waals surface area contributed by atoms with Gasteiger partial charge < -0.3 is 9.47 Å².